The van der Waals surface area contributed by atoms with Crippen LogP contribution in [0.3, 0.4) is 0 Å². The normalized spacial score (nSPS) is 13.6. The molecule has 182 valence electrons. The summed E-state index contributed by atoms with van der Waals surface area (Å²) in [6, 6.07) is 16.4. The topological polar surface area (TPSA) is 106 Å². The molecular formula is C25H31N3O6. The number of carbonyl (C=O) groups is 3. The van der Waals surface area contributed by atoms with Crippen molar-refractivity contribution in [3.8, 4) is 17.2 Å². The highest BCUT2D eigenvalue weighted by atomic mass is 16.5. The summed E-state index contributed by atoms with van der Waals surface area (Å²) in [7, 11) is 0. The lowest BCUT2D eigenvalue weighted by atomic mass is 9.96. The van der Waals surface area contributed by atoms with E-state index in [0.29, 0.717) is 50.6 Å². The molecule has 2 N–H and O–H groups in total. The first-order valence-electron chi connectivity index (χ1n) is 11.5. The number of para-hydroxylation sites is 3. The van der Waals surface area contributed by atoms with Crippen LogP contribution in [0.4, 0.5) is 0 Å². The largest absolute Gasteiger partial charge is 0.493 e. The minimum absolute atomic E-state index is 0.00701. The van der Waals surface area contributed by atoms with Crippen molar-refractivity contribution in [2.45, 2.75) is 26.2 Å². The van der Waals surface area contributed by atoms with E-state index in [1.54, 1.807) is 23.1 Å². The summed E-state index contributed by atoms with van der Waals surface area (Å²) in [4.78, 5) is 38.6. The Morgan fingerprint density at radius 1 is 0.882 bits per heavy atom. The minimum Gasteiger partial charge on any atom is -0.493 e. The van der Waals surface area contributed by atoms with Crippen LogP contribution in [0.2, 0.25) is 0 Å². The number of rotatable bonds is 10. The summed E-state index contributed by atoms with van der Waals surface area (Å²) in [6.45, 7) is 3.38. The molecule has 1 aliphatic rings. The number of ether oxygens (including phenoxy) is 3. The highest BCUT2D eigenvalue weighted by Gasteiger charge is 2.27. The van der Waals surface area contributed by atoms with E-state index < -0.39 is 5.91 Å². The lowest BCUT2D eigenvalue weighted by molar-refractivity contribution is -0.137. The summed E-state index contributed by atoms with van der Waals surface area (Å²) in [5, 5.41) is 0. The van der Waals surface area contributed by atoms with E-state index in [9.17, 15) is 14.4 Å². The molecule has 1 fully saturated rings. The number of amides is 3. The van der Waals surface area contributed by atoms with E-state index in [2.05, 4.69) is 10.9 Å². The van der Waals surface area contributed by atoms with Crippen LogP contribution >= 0.6 is 0 Å². The second kappa shape index (κ2) is 13.1. The van der Waals surface area contributed by atoms with Crippen LogP contribution in [0.15, 0.2) is 54.6 Å². The van der Waals surface area contributed by atoms with Gasteiger partial charge < -0.3 is 19.1 Å². The van der Waals surface area contributed by atoms with Crippen LogP contribution in [0, 0.1) is 5.92 Å². The highest BCUT2D eigenvalue weighted by Crippen LogP contribution is 2.26. The number of benzene rings is 2. The highest BCUT2D eigenvalue weighted by molar-refractivity contribution is 5.84. The van der Waals surface area contributed by atoms with E-state index in [0.717, 1.165) is 5.75 Å². The van der Waals surface area contributed by atoms with E-state index in [1.807, 2.05) is 43.3 Å². The second-order valence-corrected chi connectivity index (χ2v) is 7.77. The number of hydrogen-bond donors (Lipinski definition) is 2. The summed E-state index contributed by atoms with van der Waals surface area (Å²) in [5.41, 5.74) is 4.83. The van der Waals surface area contributed by atoms with Crippen molar-refractivity contribution < 1.29 is 28.6 Å². The van der Waals surface area contributed by atoms with Gasteiger partial charge in [0.2, 0.25) is 11.8 Å². The fourth-order valence-electron chi connectivity index (χ4n) is 3.58. The monoisotopic (exact) mass is 469 g/mol. The lowest BCUT2D eigenvalue weighted by Crippen LogP contribution is -2.49. The Morgan fingerprint density at radius 2 is 1.53 bits per heavy atom. The Balaban J connectivity index is 1.32. The van der Waals surface area contributed by atoms with E-state index in [1.165, 1.54) is 0 Å². The molecule has 0 atom stereocenters. The fraction of sp³-hybridized carbons (Fsp3) is 0.400. The van der Waals surface area contributed by atoms with Crippen molar-refractivity contribution in [1.82, 2.24) is 15.8 Å². The SMILES string of the molecule is CCOc1ccccc1OCC(=O)NNC(=O)C1CCN(C(=O)CCOc2ccccc2)CC1. The molecule has 1 saturated heterocycles. The van der Waals surface area contributed by atoms with Crippen molar-refractivity contribution in [2.75, 3.05) is 32.9 Å². The number of nitrogens with one attached hydrogen (secondary N) is 2. The van der Waals surface area contributed by atoms with Gasteiger partial charge in [-0.2, -0.15) is 0 Å². The molecular weight excluding hydrogens is 438 g/mol. The zero-order valence-corrected chi connectivity index (χ0v) is 19.3. The van der Waals surface area contributed by atoms with Gasteiger partial charge in [-0.25, -0.2) is 0 Å². The molecule has 9 nitrogen and oxygen atoms in total. The smallest absolute Gasteiger partial charge is 0.276 e. The quantitative estimate of drug-likeness (QED) is 0.518. The van der Waals surface area contributed by atoms with Crippen molar-refractivity contribution in [3.05, 3.63) is 54.6 Å². The minimum atomic E-state index is -0.481. The Bertz CT molecular complexity index is 945. The van der Waals surface area contributed by atoms with Gasteiger partial charge in [0.15, 0.2) is 18.1 Å². The maximum absolute atomic E-state index is 12.4. The van der Waals surface area contributed by atoms with Crippen molar-refractivity contribution in [1.29, 1.82) is 0 Å². The standard InChI is InChI=1S/C25H31N3O6/c1-2-32-21-10-6-7-11-22(21)34-18-23(29)26-27-25(31)19-12-15-28(16-13-19)24(30)14-17-33-20-8-4-3-5-9-20/h3-11,19H,2,12-18H2,1H3,(H,26,29)(H,27,31). The summed E-state index contributed by atoms with van der Waals surface area (Å²) < 4.78 is 16.5. The lowest BCUT2D eigenvalue weighted by Gasteiger charge is -2.31. The summed E-state index contributed by atoms with van der Waals surface area (Å²) >= 11 is 0. The molecule has 3 rings (SSSR count). The molecule has 1 aliphatic heterocycles. The molecule has 3 amide bonds. The predicted octanol–water partition coefficient (Wildman–Crippen LogP) is 2.32. The van der Waals surface area contributed by atoms with Crippen molar-refractivity contribution >= 4 is 17.7 Å². The third-order valence-electron chi connectivity index (χ3n) is 5.38. The zero-order chi connectivity index (χ0) is 24.2. The number of hydrazine groups is 1. The Labute approximate surface area is 199 Å². The van der Waals surface area contributed by atoms with E-state index >= 15 is 0 Å². The van der Waals surface area contributed by atoms with Gasteiger partial charge in [-0.05, 0) is 44.0 Å². The fourth-order valence-corrected chi connectivity index (χ4v) is 3.58. The van der Waals surface area contributed by atoms with Gasteiger partial charge in [0, 0.05) is 19.0 Å². The summed E-state index contributed by atoms with van der Waals surface area (Å²) in [5.74, 6) is 0.716. The zero-order valence-electron chi connectivity index (χ0n) is 19.3. The molecule has 0 aromatic heterocycles. The van der Waals surface area contributed by atoms with E-state index in [-0.39, 0.29) is 30.8 Å². The number of piperidine rings is 1. The van der Waals surface area contributed by atoms with Gasteiger partial charge in [0.25, 0.3) is 5.91 Å². The van der Waals surface area contributed by atoms with Crippen molar-refractivity contribution in [3.63, 3.8) is 0 Å². The van der Waals surface area contributed by atoms with Gasteiger partial charge in [0.05, 0.1) is 19.6 Å². The first-order valence-corrected chi connectivity index (χ1v) is 11.5. The molecule has 1 heterocycles. The van der Waals surface area contributed by atoms with Crippen LogP contribution < -0.4 is 25.1 Å². The Hall–Kier alpha value is -3.75. The van der Waals surface area contributed by atoms with Crippen LogP contribution in [0.5, 0.6) is 17.2 Å². The van der Waals surface area contributed by atoms with Gasteiger partial charge >= 0.3 is 0 Å². The molecule has 34 heavy (non-hydrogen) atoms. The average Bonchev–Trinajstić information content (AvgIpc) is 2.87. The van der Waals surface area contributed by atoms with E-state index in [4.69, 9.17) is 14.2 Å². The van der Waals surface area contributed by atoms with Gasteiger partial charge in [-0.15, -0.1) is 0 Å². The first-order chi connectivity index (χ1) is 16.6. The average molecular weight is 470 g/mol. The number of likely N-dealkylation sites (tertiary alicyclic amines) is 1. The molecule has 0 aliphatic carbocycles. The first kappa shape index (κ1) is 24.9. The molecule has 2 aromatic rings. The van der Waals surface area contributed by atoms with Crippen LogP contribution in [0.25, 0.3) is 0 Å². The molecule has 0 saturated carbocycles. The third-order valence-corrected chi connectivity index (χ3v) is 5.38. The third kappa shape index (κ3) is 7.68. The second-order valence-electron chi connectivity index (χ2n) is 7.77. The van der Waals surface area contributed by atoms with Gasteiger partial charge in [0.1, 0.15) is 5.75 Å². The van der Waals surface area contributed by atoms with Crippen LogP contribution in [0.1, 0.15) is 26.2 Å². The molecule has 2 aromatic carbocycles. The number of hydrogen-bond acceptors (Lipinski definition) is 6. The van der Waals surface area contributed by atoms with Crippen molar-refractivity contribution in [2.24, 2.45) is 5.92 Å². The number of carbonyl (C=O) groups excluding carboxylic acids is 3. The molecule has 0 radical (unpaired) electrons. The molecule has 0 unspecified atom stereocenters. The van der Waals surface area contributed by atoms with Gasteiger partial charge in [-0.1, -0.05) is 30.3 Å². The molecule has 0 spiro atoms. The Kier molecular flexibility index (Phi) is 9.57. The van der Waals surface area contributed by atoms with Gasteiger partial charge in [-0.3, -0.25) is 25.2 Å². The molecule has 9 heteroatoms. The predicted molar refractivity (Wildman–Crippen MR) is 125 cm³/mol. The number of nitrogens with zero attached hydrogens (tertiary/aromatic N) is 1. The summed E-state index contributed by atoms with van der Waals surface area (Å²) in [6.07, 6.45) is 1.35. The van der Waals surface area contributed by atoms with Crippen LogP contribution in [-0.2, 0) is 14.4 Å². The Morgan fingerprint density at radius 3 is 2.21 bits per heavy atom. The molecule has 0 bridgehead atoms. The maximum atomic E-state index is 12.4. The van der Waals surface area contributed by atoms with Crippen LogP contribution in [-0.4, -0.2) is 55.5 Å². The maximum Gasteiger partial charge on any atom is 0.276 e.